The standard InChI is InChI=1S/C11H16O2S/c1-8(6-7-14)9-4-3-5-10(13-2)11(9)12/h3-5,8,12,14H,6-7H2,1-2H3. The van der Waals surface area contributed by atoms with E-state index in [0.29, 0.717) is 11.7 Å². The second kappa shape index (κ2) is 5.15. The molecule has 0 bridgehead atoms. The first-order valence-electron chi connectivity index (χ1n) is 4.67. The molecule has 14 heavy (non-hydrogen) atoms. The zero-order valence-electron chi connectivity index (χ0n) is 8.53. The lowest BCUT2D eigenvalue weighted by Gasteiger charge is -2.14. The first-order valence-corrected chi connectivity index (χ1v) is 5.30. The molecule has 0 fully saturated rings. The predicted molar refractivity (Wildman–Crippen MR) is 61.5 cm³/mol. The van der Waals surface area contributed by atoms with Gasteiger partial charge in [0.1, 0.15) is 0 Å². The van der Waals surface area contributed by atoms with Crippen LogP contribution in [0.5, 0.6) is 11.5 Å². The predicted octanol–water partition coefficient (Wildman–Crippen LogP) is 2.82. The van der Waals surface area contributed by atoms with Gasteiger partial charge in [-0.3, -0.25) is 0 Å². The highest BCUT2D eigenvalue weighted by atomic mass is 32.1. The third kappa shape index (κ3) is 2.35. The third-order valence-corrected chi connectivity index (χ3v) is 2.60. The summed E-state index contributed by atoms with van der Waals surface area (Å²) in [6, 6.07) is 5.57. The monoisotopic (exact) mass is 212 g/mol. The number of para-hydroxylation sites is 1. The van der Waals surface area contributed by atoms with Gasteiger partial charge in [0, 0.05) is 5.56 Å². The molecule has 3 heteroatoms. The Labute approximate surface area is 90.3 Å². The van der Waals surface area contributed by atoms with Crippen molar-refractivity contribution < 1.29 is 9.84 Å². The minimum atomic E-state index is 0.254. The van der Waals surface area contributed by atoms with Gasteiger partial charge in [0.25, 0.3) is 0 Å². The van der Waals surface area contributed by atoms with Crippen molar-refractivity contribution in [3.8, 4) is 11.5 Å². The molecule has 0 aromatic heterocycles. The van der Waals surface area contributed by atoms with Crippen LogP contribution in [0.4, 0.5) is 0 Å². The van der Waals surface area contributed by atoms with Crippen LogP contribution in [0.15, 0.2) is 18.2 Å². The van der Waals surface area contributed by atoms with E-state index < -0.39 is 0 Å². The number of phenolic OH excluding ortho intramolecular Hbond substituents is 1. The fourth-order valence-electron chi connectivity index (χ4n) is 1.45. The van der Waals surface area contributed by atoms with Gasteiger partial charge in [0.05, 0.1) is 7.11 Å². The minimum Gasteiger partial charge on any atom is -0.504 e. The molecular weight excluding hydrogens is 196 g/mol. The average Bonchev–Trinajstić information content (AvgIpc) is 2.18. The summed E-state index contributed by atoms with van der Waals surface area (Å²) in [6.45, 7) is 2.07. The van der Waals surface area contributed by atoms with E-state index in [1.807, 2.05) is 12.1 Å². The van der Waals surface area contributed by atoms with Crippen molar-refractivity contribution in [3.63, 3.8) is 0 Å². The fraction of sp³-hybridized carbons (Fsp3) is 0.455. The summed E-state index contributed by atoms with van der Waals surface area (Å²) < 4.78 is 5.04. The van der Waals surface area contributed by atoms with Crippen LogP contribution < -0.4 is 4.74 Å². The van der Waals surface area contributed by atoms with Crippen molar-refractivity contribution in [2.24, 2.45) is 0 Å². The van der Waals surface area contributed by atoms with Crippen molar-refractivity contribution in [1.82, 2.24) is 0 Å². The van der Waals surface area contributed by atoms with Crippen molar-refractivity contribution >= 4 is 12.6 Å². The van der Waals surface area contributed by atoms with Crippen molar-refractivity contribution in [2.75, 3.05) is 12.9 Å². The van der Waals surface area contributed by atoms with E-state index in [9.17, 15) is 5.11 Å². The molecule has 1 atom stereocenters. The molecular formula is C11H16O2S. The van der Waals surface area contributed by atoms with Gasteiger partial charge in [0.15, 0.2) is 11.5 Å². The van der Waals surface area contributed by atoms with Crippen LogP contribution >= 0.6 is 12.6 Å². The van der Waals surface area contributed by atoms with Gasteiger partial charge in [-0.1, -0.05) is 19.1 Å². The molecule has 0 aliphatic heterocycles. The molecule has 1 N–H and O–H groups in total. The molecule has 1 rings (SSSR count). The highest BCUT2D eigenvalue weighted by Gasteiger charge is 2.12. The largest absolute Gasteiger partial charge is 0.504 e. The van der Waals surface area contributed by atoms with Gasteiger partial charge in [-0.2, -0.15) is 12.6 Å². The van der Waals surface area contributed by atoms with Crippen LogP contribution in [0.2, 0.25) is 0 Å². The van der Waals surface area contributed by atoms with E-state index in [0.717, 1.165) is 17.7 Å². The second-order valence-corrected chi connectivity index (χ2v) is 3.76. The summed E-state index contributed by atoms with van der Waals surface area (Å²) in [5.74, 6) is 1.91. The van der Waals surface area contributed by atoms with E-state index in [1.54, 1.807) is 13.2 Å². The maximum Gasteiger partial charge on any atom is 0.161 e. The number of hydrogen-bond donors (Lipinski definition) is 2. The summed E-state index contributed by atoms with van der Waals surface area (Å²) >= 11 is 4.18. The molecule has 0 radical (unpaired) electrons. The molecule has 0 saturated carbocycles. The number of aromatic hydroxyl groups is 1. The molecule has 0 amide bonds. The zero-order valence-corrected chi connectivity index (χ0v) is 9.42. The Bertz CT molecular complexity index is 299. The number of phenols is 1. The van der Waals surface area contributed by atoms with Gasteiger partial charge in [0.2, 0.25) is 0 Å². The molecule has 0 aliphatic carbocycles. The summed E-state index contributed by atoms with van der Waals surface area (Å²) in [7, 11) is 1.56. The van der Waals surface area contributed by atoms with Crippen LogP contribution in [-0.2, 0) is 0 Å². The Hall–Kier alpha value is -0.830. The number of benzene rings is 1. The zero-order chi connectivity index (χ0) is 10.6. The van der Waals surface area contributed by atoms with E-state index in [2.05, 4.69) is 19.6 Å². The Morgan fingerprint density at radius 1 is 1.50 bits per heavy atom. The summed E-state index contributed by atoms with van der Waals surface area (Å²) in [5, 5.41) is 9.84. The quantitative estimate of drug-likeness (QED) is 0.752. The summed E-state index contributed by atoms with van der Waals surface area (Å²) in [5.41, 5.74) is 0.929. The molecule has 1 aromatic carbocycles. The van der Waals surface area contributed by atoms with Gasteiger partial charge in [-0.25, -0.2) is 0 Å². The summed E-state index contributed by atoms with van der Waals surface area (Å²) in [4.78, 5) is 0. The molecule has 78 valence electrons. The first-order chi connectivity index (χ1) is 6.70. The Balaban J connectivity index is 2.96. The number of thiol groups is 1. The van der Waals surface area contributed by atoms with Gasteiger partial charge >= 0.3 is 0 Å². The average molecular weight is 212 g/mol. The smallest absolute Gasteiger partial charge is 0.161 e. The summed E-state index contributed by atoms with van der Waals surface area (Å²) in [6.07, 6.45) is 0.948. The van der Waals surface area contributed by atoms with Crippen molar-refractivity contribution in [1.29, 1.82) is 0 Å². The molecule has 2 nitrogen and oxygen atoms in total. The Kier molecular flexibility index (Phi) is 4.14. The van der Waals surface area contributed by atoms with E-state index in [1.165, 1.54) is 0 Å². The second-order valence-electron chi connectivity index (χ2n) is 3.31. The molecule has 1 unspecified atom stereocenters. The van der Waals surface area contributed by atoms with Crippen LogP contribution in [0.1, 0.15) is 24.8 Å². The third-order valence-electron chi connectivity index (χ3n) is 2.34. The SMILES string of the molecule is COc1cccc(C(C)CCS)c1O. The van der Waals surface area contributed by atoms with Gasteiger partial charge in [-0.05, 0) is 24.2 Å². The molecule has 0 saturated heterocycles. The molecule has 0 heterocycles. The number of ether oxygens (including phenoxy) is 1. The van der Waals surface area contributed by atoms with Crippen LogP contribution in [0, 0.1) is 0 Å². The number of methoxy groups -OCH3 is 1. The maximum atomic E-state index is 9.84. The fourth-order valence-corrected chi connectivity index (χ4v) is 1.84. The lowest BCUT2D eigenvalue weighted by molar-refractivity contribution is 0.368. The molecule has 1 aromatic rings. The lowest BCUT2D eigenvalue weighted by atomic mass is 9.97. The highest BCUT2D eigenvalue weighted by Crippen LogP contribution is 2.35. The molecule has 0 spiro atoms. The van der Waals surface area contributed by atoms with Crippen LogP contribution in [-0.4, -0.2) is 18.0 Å². The Morgan fingerprint density at radius 3 is 2.79 bits per heavy atom. The van der Waals surface area contributed by atoms with Gasteiger partial charge in [-0.15, -0.1) is 0 Å². The lowest BCUT2D eigenvalue weighted by Crippen LogP contribution is -1.96. The number of rotatable bonds is 4. The van der Waals surface area contributed by atoms with Gasteiger partial charge < -0.3 is 9.84 Å². The van der Waals surface area contributed by atoms with E-state index in [4.69, 9.17) is 4.74 Å². The van der Waals surface area contributed by atoms with Crippen LogP contribution in [0.3, 0.4) is 0 Å². The van der Waals surface area contributed by atoms with E-state index in [-0.39, 0.29) is 5.75 Å². The topological polar surface area (TPSA) is 29.5 Å². The Morgan fingerprint density at radius 2 is 2.21 bits per heavy atom. The van der Waals surface area contributed by atoms with Crippen molar-refractivity contribution in [3.05, 3.63) is 23.8 Å². The van der Waals surface area contributed by atoms with Crippen LogP contribution in [0.25, 0.3) is 0 Å². The normalized spacial score (nSPS) is 12.5. The maximum absolute atomic E-state index is 9.84. The highest BCUT2D eigenvalue weighted by molar-refractivity contribution is 7.80. The first kappa shape index (κ1) is 11.2. The molecule has 0 aliphatic rings. The van der Waals surface area contributed by atoms with E-state index >= 15 is 0 Å². The minimum absolute atomic E-state index is 0.254. The van der Waals surface area contributed by atoms with Crippen molar-refractivity contribution in [2.45, 2.75) is 19.3 Å². The number of hydrogen-bond acceptors (Lipinski definition) is 3.